The highest BCUT2D eigenvalue weighted by Gasteiger charge is 2.02. The predicted molar refractivity (Wildman–Crippen MR) is 88.1 cm³/mol. The number of fused-ring (bicyclic) bond motifs is 1. The summed E-state index contributed by atoms with van der Waals surface area (Å²) < 4.78 is 2.40. The first kappa shape index (κ1) is 15.1. The van der Waals surface area contributed by atoms with Gasteiger partial charge in [-0.15, -0.1) is 0 Å². The fourth-order valence-electron chi connectivity index (χ4n) is 2.82. The molecule has 20 heavy (non-hydrogen) atoms. The van der Waals surface area contributed by atoms with Crippen molar-refractivity contribution in [2.45, 2.75) is 58.5 Å². The lowest BCUT2D eigenvalue weighted by Gasteiger charge is -2.06. The number of nitrogens with zero attached hydrogens (tertiary/aromatic N) is 1. The zero-order valence-corrected chi connectivity index (χ0v) is 13.0. The first-order valence-corrected chi connectivity index (χ1v) is 8.07. The lowest BCUT2D eigenvalue weighted by molar-refractivity contribution is 0.565. The summed E-state index contributed by atoms with van der Waals surface area (Å²) >= 11 is 0. The fraction of sp³-hybridized carbons (Fsp3) is 0.556. The highest BCUT2D eigenvalue weighted by Crippen LogP contribution is 2.19. The zero-order valence-electron chi connectivity index (χ0n) is 13.0. The van der Waals surface area contributed by atoms with Gasteiger partial charge in [-0.2, -0.15) is 0 Å². The molecule has 0 spiro atoms. The van der Waals surface area contributed by atoms with Crippen LogP contribution in [0.3, 0.4) is 0 Å². The number of hydrogen-bond donors (Lipinski definition) is 1. The summed E-state index contributed by atoms with van der Waals surface area (Å²) in [6.07, 6.45) is 10.4. The van der Waals surface area contributed by atoms with Crippen molar-refractivity contribution in [1.29, 1.82) is 0 Å². The highest BCUT2D eigenvalue weighted by atomic mass is 14.9. The maximum absolute atomic E-state index is 3.21. The topological polar surface area (TPSA) is 17.0 Å². The third-order valence-electron chi connectivity index (χ3n) is 3.97. The second-order valence-corrected chi connectivity index (χ2v) is 5.70. The summed E-state index contributed by atoms with van der Waals surface area (Å²) in [5.41, 5.74) is 2.73. The van der Waals surface area contributed by atoms with Crippen LogP contribution in [0.2, 0.25) is 0 Å². The third kappa shape index (κ3) is 4.11. The van der Waals surface area contributed by atoms with Gasteiger partial charge in [0.05, 0.1) is 0 Å². The second kappa shape index (κ2) is 8.11. The SMILES string of the molecule is CCCCCCCCn1ccc2cc(CNC)ccc21. The number of rotatable bonds is 9. The summed E-state index contributed by atoms with van der Waals surface area (Å²) in [6.45, 7) is 4.37. The molecule has 1 heterocycles. The number of benzene rings is 1. The van der Waals surface area contributed by atoms with Crippen LogP contribution >= 0.6 is 0 Å². The van der Waals surface area contributed by atoms with Crippen molar-refractivity contribution in [2.75, 3.05) is 7.05 Å². The van der Waals surface area contributed by atoms with Crippen LogP contribution in [0.15, 0.2) is 30.5 Å². The molecule has 1 N–H and O–H groups in total. The molecule has 0 unspecified atom stereocenters. The Morgan fingerprint density at radius 2 is 1.80 bits per heavy atom. The maximum Gasteiger partial charge on any atom is 0.0480 e. The van der Waals surface area contributed by atoms with Gasteiger partial charge in [-0.05, 0) is 42.6 Å². The molecule has 0 atom stereocenters. The Balaban J connectivity index is 1.87. The fourth-order valence-corrected chi connectivity index (χ4v) is 2.82. The van der Waals surface area contributed by atoms with E-state index in [9.17, 15) is 0 Å². The molecule has 1 aromatic heterocycles. The van der Waals surface area contributed by atoms with Crippen molar-refractivity contribution in [3.05, 3.63) is 36.0 Å². The van der Waals surface area contributed by atoms with Gasteiger partial charge in [-0.1, -0.05) is 45.1 Å². The minimum absolute atomic E-state index is 0.943. The van der Waals surface area contributed by atoms with Crippen molar-refractivity contribution in [3.63, 3.8) is 0 Å². The van der Waals surface area contributed by atoms with E-state index < -0.39 is 0 Å². The first-order chi connectivity index (χ1) is 9.85. The van der Waals surface area contributed by atoms with Crippen molar-refractivity contribution in [3.8, 4) is 0 Å². The number of unbranched alkanes of at least 4 members (excludes halogenated alkanes) is 5. The summed E-state index contributed by atoms with van der Waals surface area (Å²) in [5, 5.41) is 4.57. The second-order valence-electron chi connectivity index (χ2n) is 5.70. The molecule has 2 aromatic rings. The van der Waals surface area contributed by atoms with Gasteiger partial charge < -0.3 is 9.88 Å². The monoisotopic (exact) mass is 272 g/mol. The van der Waals surface area contributed by atoms with Crippen LogP contribution in [0.1, 0.15) is 51.0 Å². The van der Waals surface area contributed by atoms with Crippen LogP contribution in [0.5, 0.6) is 0 Å². The molecule has 2 rings (SSSR count). The molecule has 0 aliphatic carbocycles. The lowest BCUT2D eigenvalue weighted by atomic mass is 10.1. The molecule has 0 radical (unpaired) electrons. The van der Waals surface area contributed by atoms with Crippen molar-refractivity contribution >= 4 is 10.9 Å². The van der Waals surface area contributed by atoms with Gasteiger partial charge in [0, 0.05) is 24.8 Å². The smallest absolute Gasteiger partial charge is 0.0480 e. The lowest BCUT2D eigenvalue weighted by Crippen LogP contribution is -2.04. The average Bonchev–Trinajstić information content (AvgIpc) is 2.86. The van der Waals surface area contributed by atoms with Gasteiger partial charge in [0.2, 0.25) is 0 Å². The van der Waals surface area contributed by atoms with E-state index in [0.29, 0.717) is 0 Å². The van der Waals surface area contributed by atoms with E-state index in [4.69, 9.17) is 0 Å². The highest BCUT2D eigenvalue weighted by molar-refractivity contribution is 5.80. The number of hydrogen-bond acceptors (Lipinski definition) is 1. The summed E-state index contributed by atoms with van der Waals surface area (Å²) in [6, 6.07) is 9.03. The number of nitrogens with one attached hydrogen (secondary N) is 1. The molecule has 0 fully saturated rings. The molecule has 110 valence electrons. The van der Waals surface area contributed by atoms with Crippen molar-refractivity contribution in [2.24, 2.45) is 0 Å². The van der Waals surface area contributed by atoms with Crippen molar-refractivity contribution in [1.82, 2.24) is 9.88 Å². The Kier molecular flexibility index (Phi) is 6.13. The van der Waals surface area contributed by atoms with E-state index in [0.717, 1.165) is 13.1 Å². The number of aromatic nitrogens is 1. The molecule has 2 heteroatoms. The van der Waals surface area contributed by atoms with Gasteiger partial charge in [-0.25, -0.2) is 0 Å². The van der Waals surface area contributed by atoms with Gasteiger partial charge in [0.1, 0.15) is 0 Å². The molecule has 0 saturated carbocycles. The zero-order chi connectivity index (χ0) is 14.2. The van der Waals surface area contributed by atoms with E-state index in [1.165, 1.54) is 55.0 Å². The molecule has 0 bridgehead atoms. The van der Waals surface area contributed by atoms with Gasteiger partial charge >= 0.3 is 0 Å². The van der Waals surface area contributed by atoms with Gasteiger partial charge in [0.25, 0.3) is 0 Å². The Morgan fingerprint density at radius 1 is 1.00 bits per heavy atom. The Hall–Kier alpha value is -1.28. The molecular formula is C18H28N2. The van der Waals surface area contributed by atoms with Crippen LogP contribution < -0.4 is 5.32 Å². The molecule has 0 saturated heterocycles. The molecule has 0 amide bonds. The van der Waals surface area contributed by atoms with Crippen LogP contribution in [0.4, 0.5) is 0 Å². The minimum Gasteiger partial charge on any atom is -0.347 e. The van der Waals surface area contributed by atoms with Crippen LogP contribution in [0, 0.1) is 0 Å². The van der Waals surface area contributed by atoms with Crippen LogP contribution in [0.25, 0.3) is 10.9 Å². The van der Waals surface area contributed by atoms with E-state index in [1.54, 1.807) is 0 Å². The third-order valence-corrected chi connectivity index (χ3v) is 3.97. The average molecular weight is 272 g/mol. The van der Waals surface area contributed by atoms with Gasteiger partial charge in [0.15, 0.2) is 0 Å². The van der Waals surface area contributed by atoms with Crippen LogP contribution in [-0.2, 0) is 13.1 Å². The predicted octanol–water partition coefficient (Wildman–Crippen LogP) is 4.72. The molecule has 0 aliphatic heterocycles. The summed E-state index contributed by atoms with van der Waals surface area (Å²) in [5.74, 6) is 0. The van der Waals surface area contributed by atoms with E-state index in [1.807, 2.05) is 7.05 Å². The Bertz CT molecular complexity index is 513. The summed E-state index contributed by atoms with van der Waals surface area (Å²) in [7, 11) is 1.99. The van der Waals surface area contributed by atoms with Crippen LogP contribution in [-0.4, -0.2) is 11.6 Å². The van der Waals surface area contributed by atoms with Crippen molar-refractivity contribution < 1.29 is 0 Å². The number of aryl methyl sites for hydroxylation is 1. The standard InChI is InChI=1S/C18H28N2/c1-3-4-5-6-7-8-12-20-13-11-17-14-16(15-19-2)9-10-18(17)20/h9-11,13-14,19H,3-8,12,15H2,1-2H3. The largest absolute Gasteiger partial charge is 0.347 e. The van der Waals surface area contributed by atoms with E-state index in [-0.39, 0.29) is 0 Å². The Labute approximate surface area is 123 Å². The van der Waals surface area contributed by atoms with Gasteiger partial charge in [-0.3, -0.25) is 0 Å². The molecule has 1 aromatic carbocycles. The minimum atomic E-state index is 0.943. The van der Waals surface area contributed by atoms with E-state index >= 15 is 0 Å². The maximum atomic E-state index is 3.21. The molecular weight excluding hydrogens is 244 g/mol. The Morgan fingerprint density at radius 3 is 2.60 bits per heavy atom. The quantitative estimate of drug-likeness (QED) is 0.653. The summed E-state index contributed by atoms with van der Waals surface area (Å²) in [4.78, 5) is 0. The normalized spacial score (nSPS) is 11.3. The first-order valence-electron chi connectivity index (χ1n) is 8.07. The molecule has 2 nitrogen and oxygen atoms in total. The van der Waals surface area contributed by atoms with E-state index in [2.05, 4.69) is 47.3 Å². The molecule has 0 aliphatic rings.